The molecule has 0 fully saturated rings. The zero-order chi connectivity index (χ0) is 11.3. The first-order valence-corrected chi connectivity index (χ1v) is 4.40. The van der Waals surface area contributed by atoms with Crippen molar-refractivity contribution in [2.24, 2.45) is 0 Å². The maximum atomic E-state index is 11.7. The molecule has 2 N–H and O–H groups in total. The van der Waals surface area contributed by atoms with Gasteiger partial charge in [0.25, 0.3) is 6.43 Å². The second-order valence-electron chi connectivity index (χ2n) is 3.02. The van der Waals surface area contributed by atoms with Gasteiger partial charge in [0.15, 0.2) is 0 Å². The van der Waals surface area contributed by atoms with Crippen LogP contribution in [-0.4, -0.2) is 30.2 Å². The fraction of sp³-hybridized carbons (Fsp3) is 0.333. The first-order valence-electron chi connectivity index (χ1n) is 4.40. The van der Waals surface area contributed by atoms with E-state index in [4.69, 9.17) is 14.8 Å². The lowest BCUT2D eigenvalue weighted by Gasteiger charge is -2.04. The van der Waals surface area contributed by atoms with Gasteiger partial charge in [-0.05, 0) is 11.0 Å². The summed E-state index contributed by atoms with van der Waals surface area (Å²) in [6, 6.07) is 6.21. The zero-order valence-electron chi connectivity index (χ0n) is 7.94. The van der Waals surface area contributed by atoms with E-state index in [2.05, 4.69) is 0 Å². The molecular formula is C9H11BF2O3. The van der Waals surface area contributed by atoms with E-state index in [1.807, 2.05) is 0 Å². The van der Waals surface area contributed by atoms with Crippen molar-refractivity contribution in [1.82, 2.24) is 0 Å². The van der Waals surface area contributed by atoms with Crippen molar-refractivity contribution in [1.29, 1.82) is 0 Å². The summed E-state index contributed by atoms with van der Waals surface area (Å²) < 4.78 is 28.1. The average molecular weight is 216 g/mol. The Morgan fingerprint density at radius 3 is 2.27 bits per heavy atom. The summed E-state index contributed by atoms with van der Waals surface area (Å²) in [6.45, 7) is -0.503. The lowest BCUT2D eigenvalue weighted by atomic mass is 9.80. The molecular weight excluding hydrogens is 205 g/mol. The molecule has 0 atom stereocenters. The second kappa shape index (κ2) is 5.80. The quantitative estimate of drug-likeness (QED) is 0.688. The number of hydrogen-bond acceptors (Lipinski definition) is 3. The van der Waals surface area contributed by atoms with E-state index in [9.17, 15) is 8.78 Å². The van der Waals surface area contributed by atoms with E-state index in [1.165, 1.54) is 12.1 Å². The molecule has 0 aliphatic rings. The Morgan fingerprint density at radius 1 is 1.20 bits per heavy atom. The Morgan fingerprint density at radius 2 is 1.80 bits per heavy atom. The summed E-state index contributed by atoms with van der Waals surface area (Å²) in [7, 11) is -1.51. The van der Waals surface area contributed by atoms with Crippen LogP contribution in [0.25, 0.3) is 0 Å². The first-order chi connectivity index (χ1) is 7.09. The highest BCUT2D eigenvalue weighted by Gasteiger charge is 2.09. The molecule has 1 rings (SSSR count). The summed E-state index contributed by atoms with van der Waals surface area (Å²) in [5, 5.41) is 17.6. The Balaban J connectivity index is 2.43. The molecule has 0 spiro atoms. The lowest BCUT2D eigenvalue weighted by Crippen LogP contribution is -2.29. The molecule has 0 saturated carbocycles. The predicted molar refractivity (Wildman–Crippen MR) is 51.9 cm³/mol. The fourth-order valence-electron chi connectivity index (χ4n) is 1.05. The minimum Gasteiger partial charge on any atom is -0.423 e. The van der Waals surface area contributed by atoms with Gasteiger partial charge in [-0.25, -0.2) is 8.78 Å². The molecule has 0 bridgehead atoms. The number of hydrogen-bond donors (Lipinski definition) is 2. The van der Waals surface area contributed by atoms with Gasteiger partial charge in [-0.15, -0.1) is 0 Å². The standard InChI is InChI=1S/C9H11BF2O3/c11-9(12)6-15-5-7-1-3-8(4-2-7)10(13)14/h1-4,9,13-14H,5-6H2. The Kier molecular flexibility index (Phi) is 4.67. The SMILES string of the molecule is OB(O)c1ccc(COCC(F)F)cc1. The molecule has 0 aliphatic carbocycles. The topological polar surface area (TPSA) is 49.7 Å². The number of benzene rings is 1. The van der Waals surface area contributed by atoms with E-state index < -0.39 is 20.2 Å². The molecule has 0 heterocycles. The van der Waals surface area contributed by atoms with Crippen molar-refractivity contribution in [3.05, 3.63) is 29.8 Å². The third-order valence-corrected chi connectivity index (χ3v) is 1.79. The molecule has 0 aliphatic heterocycles. The van der Waals surface area contributed by atoms with Gasteiger partial charge in [-0.2, -0.15) is 0 Å². The van der Waals surface area contributed by atoms with Gasteiger partial charge >= 0.3 is 7.12 Å². The highest BCUT2D eigenvalue weighted by Crippen LogP contribution is 2.01. The van der Waals surface area contributed by atoms with Crippen LogP contribution in [0, 0.1) is 0 Å². The van der Waals surface area contributed by atoms with Gasteiger partial charge in [0.2, 0.25) is 0 Å². The summed E-state index contributed by atoms with van der Waals surface area (Å²) in [5.74, 6) is 0. The second-order valence-corrected chi connectivity index (χ2v) is 3.02. The Labute approximate surface area is 86.5 Å². The minimum atomic E-state index is -2.47. The van der Waals surface area contributed by atoms with Crippen LogP contribution in [0.3, 0.4) is 0 Å². The molecule has 0 saturated heterocycles. The van der Waals surface area contributed by atoms with E-state index in [1.54, 1.807) is 12.1 Å². The summed E-state index contributed by atoms with van der Waals surface area (Å²) >= 11 is 0. The molecule has 0 amide bonds. The van der Waals surface area contributed by atoms with Crippen LogP contribution in [0.2, 0.25) is 0 Å². The van der Waals surface area contributed by atoms with E-state index in [0.29, 0.717) is 11.0 Å². The van der Waals surface area contributed by atoms with Crippen molar-refractivity contribution in [2.75, 3.05) is 6.61 Å². The van der Waals surface area contributed by atoms with Crippen LogP contribution in [0.5, 0.6) is 0 Å². The highest BCUT2D eigenvalue weighted by molar-refractivity contribution is 6.58. The van der Waals surface area contributed by atoms with E-state index >= 15 is 0 Å². The molecule has 0 aromatic heterocycles. The van der Waals surface area contributed by atoms with Gasteiger partial charge in [-0.3, -0.25) is 0 Å². The molecule has 6 heteroatoms. The lowest BCUT2D eigenvalue weighted by molar-refractivity contribution is 0.00988. The molecule has 0 unspecified atom stereocenters. The summed E-state index contributed by atoms with van der Waals surface area (Å²) in [4.78, 5) is 0. The number of ether oxygens (including phenoxy) is 1. The number of rotatable bonds is 5. The third kappa shape index (κ3) is 4.37. The zero-order valence-corrected chi connectivity index (χ0v) is 7.94. The third-order valence-electron chi connectivity index (χ3n) is 1.79. The molecule has 1 aromatic rings. The maximum absolute atomic E-state index is 11.7. The monoisotopic (exact) mass is 216 g/mol. The maximum Gasteiger partial charge on any atom is 0.488 e. The smallest absolute Gasteiger partial charge is 0.423 e. The summed E-state index contributed by atoms with van der Waals surface area (Å²) in [5.41, 5.74) is 1.06. The van der Waals surface area contributed by atoms with Crippen molar-refractivity contribution in [2.45, 2.75) is 13.0 Å². The van der Waals surface area contributed by atoms with Crippen LogP contribution in [0.1, 0.15) is 5.56 Å². The van der Waals surface area contributed by atoms with Crippen LogP contribution < -0.4 is 5.46 Å². The van der Waals surface area contributed by atoms with Crippen molar-refractivity contribution in [3.63, 3.8) is 0 Å². The van der Waals surface area contributed by atoms with Crippen molar-refractivity contribution < 1.29 is 23.6 Å². The molecule has 3 nitrogen and oxygen atoms in total. The van der Waals surface area contributed by atoms with Gasteiger partial charge in [0.1, 0.15) is 6.61 Å². The predicted octanol–water partition coefficient (Wildman–Crippen LogP) is 0.148. The van der Waals surface area contributed by atoms with Gasteiger partial charge in [0.05, 0.1) is 6.61 Å². The molecule has 1 aromatic carbocycles. The number of alkyl halides is 2. The molecule has 0 radical (unpaired) electrons. The Hall–Kier alpha value is -0.975. The first kappa shape index (κ1) is 12.1. The Bertz CT molecular complexity index is 290. The summed E-state index contributed by atoms with van der Waals surface area (Å²) in [6.07, 6.45) is -2.47. The van der Waals surface area contributed by atoms with Gasteiger partial charge in [-0.1, -0.05) is 24.3 Å². The van der Waals surface area contributed by atoms with Crippen molar-refractivity contribution in [3.8, 4) is 0 Å². The minimum absolute atomic E-state index is 0.0894. The molecule has 15 heavy (non-hydrogen) atoms. The fourth-order valence-corrected chi connectivity index (χ4v) is 1.05. The van der Waals surface area contributed by atoms with Crippen LogP contribution >= 0.6 is 0 Å². The number of halogens is 2. The highest BCUT2D eigenvalue weighted by atomic mass is 19.3. The van der Waals surface area contributed by atoms with E-state index in [-0.39, 0.29) is 6.61 Å². The van der Waals surface area contributed by atoms with E-state index in [0.717, 1.165) is 0 Å². The van der Waals surface area contributed by atoms with Crippen molar-refractivity contribution >= 4 is 12.6 Å². The van der Waals surface area contributed by atoms with Crippen LogP contribution in [0.15, 0.2) is 24.3 Å². The van der Waals surface area contributed by atoms with Crippen LogP contribution in [-0.2, 0) is 11.3 Å². The van der Waals surface area contributed by atoms with Gasteiger partial charge in [0, 0.05) is 0 Å². The normalized spacial score (nSPS) is 10.7. The largest absolute Gasteiger partial charge is 0.488 e. The average Bonchev–Trinajstić information content (AvgIpc) is 2.18. The van der Waals surface area contributed by atoms with Crippen LogP contribution in [0.4, 0.5) is 8.78 Å². The molecule has 82 valence electrons. The van der Waals surface area contributed by atoms with Gasteiger partial charge < -0.3 is 14.8 Å².